The first-order valence-electron chi connectivity index (χ1n) is 7.64. The average Bonchev–Trinajstić information content (AvgIpc) is 3.20. The molecule has 1 N–H and O–H groups in total. The maximum atomic E-state index is 12.8. The predicted molar refractivity (Wildman–Crippen MR) is 93.8 cm³/mol. The molecule has 3 heterocycles. The van der Waals surface area contributed by atoms with Crippen molar-refractivity contribution in [1.82, 2.24) is 18.6 Å². The van der Waals surface area contributed by atoms with E-state index in [1.807, 2.05) is 18.9 Å². The van der Waals surface area contributed by atoms with Gasteiger partial charge in [-0.2, -0.15) is 8.75 Å². The molecule has 23 heavy (non-hydrogen) atoms. The smallest absolute Gasteiger partial charge is 0.258 e. The molecule has 1 amide bonds. The van der Waals surface area contributed by atoms with Crippen molar-refractivity contribution in [3.63, 3.8) is 0 Å². The Morgan fingerprint density at radius 1 is 1.22 bits per heavy atom. The van der Waals surface area contributed by atoms with Crippen molar-refractivity contribution in [2.24, 2.45) is 0 Å². The molecular formula is C14H20N6OS2. The summed E-state index contributed by atoms with van der Waals surface area (Å²) in [5.41, 5.74) is 1.50. The number of carbonyl (C=O) groups excluding carboxylic acids is 1. The number of rotatable bonds is 4. The standard InChI is InChI=1S/C14H20N6OS2/c1-4-10-16-14(23-18-10)20-7-5-19(6-8-20)13(21)11-9(2)17-22-12(11)15-3/h15H,4-8H2,1-3H3. The molecule has 0 saturated carbocycles. The fraction of sp³-hybridized carbons (Fsp3) is 0.571. The topological polar surface area (TPSA) is 74.2 Å². The van der Waals surface area contributed by atoms with Gasteiger partial charge in [0.15, 0.2) is 0 Å². The van der Waals surface area contributed by atoms with E-state index in [-0.39, 0.29) is 5.91 Å². The predicted octanol–water partition coefficient (Wildman–Crippen LogP) is 1.87. The highest BCUT2D eigenvalue weighted by molar-refractivity contribution is 7.10. The zero-order valence-corrected chi connectivity index (χ0v) is 15.1. The van der Waals surface area contributed by atoms with Gasteiger partial charge in [0.25, 0.3) is 5.91 Å². The van der Waals surface area contributed by atoms with Crippen LogP contribution < -0.4 is 10.2 Å². The lowest BCUT2D eigenvalue weighted by atomic mass is 10.2. The SMILES string of the molecule is CCc1nsc(N2CCN(C(=O)c3c(C)nsc3NC)CC2)n1. The molecule has 2 aromatic heterocycles. The number of aromatic nitrogens is 3. The van der Waals surface area contributed by atoms with E-state index in [9.17, 15) is 4.79 Å². The number of hydrogen-bond donors (Lipinski definition) is 1. The van der Waals surface area contributed by atoms with E-state index in [0.29, 0.717) is 18.7 Å². The van der Waals surface area contributed by atoms with Crippen molar-refractivity contribution in [2.75, 3.05) is 43.4 Å². The molecular weight excluding hydrogens is 332 g/mol. The Labute approximate surface area is 143 Å². The van der Waals surface area contributed by atoms with Crippen LogP contribution in [0, 0.1) is 6.92 Å². The molecule has 0 unspecified atom stereocenters. The van der Waals surface area contributed by atoms with Gasteiger partial charge in [-0.15, -0.1) is 0 Å². The molecule has 124 valence electrons. The summed E-state index contributed by atoms with van der Waals surface area (Å²) in [4.78, 5) is 21.4. The molecule has 3 rings (SSSR count). The number of piperazine rings is 1. The monoisotopic (exact) mass is 352 g/mol. The molecule has 1 fully saturated rings. The molecule has 0 aliphatic carbocycles. The third-order valence-corrected chi connectivity index (χ3v) is 5.69. The van der Waals surface area contributed by atoms with Crippen LogP contribution in [0.2, 0.25) is 0 Å². The number of amides is 1. The van der Waals surface area contributed by atoms with Gasteiger partial charge in [0.05, 0.1) is 11.3 Å². The highest BCUT2D eigenvalue weighted by atomic mass is 32.1. The quantitative estimate of drug-likeness (QED) is 0.905. The van der Waals surface area contributed by atoms with E-state index >= 15 is 0 Å². The molecule has 0 radical (unpaired) electrons. The lowest BCUT2D eigenvalue weighted by Crippen LogP contribution is -2.49. The van der Waals surface area contributed by atoms with Gasteiger partial charge >= 0.3 is 0 Å². The third-order valence-electron chi connectivity index (χ3n) is 3.91. The van der Waals surface area contributed by atoms with Crippen LogP contribution in [0.4, 0.5) is 10.1 Å². The molecule has 9 heteroatoms. The Morgan fingerprint density at radius 3 is 2.57 bits per heavy atom. The van der Waals surface area contributed by atoms with Gasteiger partial charge in [-0.05, 0) is 18.5 Å². The van der Waals surface area contributed by atoms with Gasteiger partial charge in [-0.25, -0.2) is 4.98 Å². The van der Waals surface area contributed by atoms with Crippen molar-refractivity contribution in [2.45, 2.75) is 20.3 Å². The average molecular weight is 352 g/mol. The van der Waals surface area contributed by atoms with Crippen LogP contribution in [0.3, 0.4) is 0 Å². The molecule has 7 nitrogen and oxygen atoms in total. The summed E-state index contributed by atoms with van der Waals surface area (Å²) in [6.07, 6.45) is 0.853. The second-order valence-corrected chi connectivity index (χ2v) is 6.85. The van der Waals surface area contributed by atoms with Gasteiger partial charge in [0, 0.05) is 51.2 Å². The molecule has 2 aromatic rings. The first-order chi connectivity index (χ1) is 11.1. The largest absolute Gasteiger partial charge is 0.378 e. The summed E-state index contributed by atoms with van der Waals surface area (Å²) in [5, 5.41) is 4.86. The summed E-state index contributed by atoms with van der Waals surface area (Å²) in [7, 11) is 1.82. The van der Waals surface area contributed by atoms with Crippen LogP contribution in [0.15, 0.2) is 0 Å². The van der Waals surface area contributed by atoms with E-state index in [1.165, 1.54) is 23.1 Å². The Bertz CT molecular complexity index is 689. The van der Waals surface area contributed by atoms with Gasteiger partial charge in [0.1, 0.15) is 10.8 Å². The fourth-order valence-corrected chi connectivity index (χ4v) is 4.11. The minimum absolute atomic E-state index is 0.0618. The lowest BCUT2D eigenvalue weighted by Gasteiger charge is -2.34. The second-order valence-electron chi connectivity index (χ2n) is 5.35. The number of anilines is 2. The molecule has 0 spiro atoms. The highest BCUT2D eigenvalue weighted by Gasteiger charge is 2.27. The zero-order chi connectivity index (χ0) is 16.4. The van der Waals surface area contributed by atoms with Crippen LogP contribution >= 0.6 is 23.1 Å². The summed E-state index contributed by atoms with van der Waals surface area (Å²) in [5.74, 6) is 0.953. The van der Waals surface area contributed by atoms with Gasteiger partial charge in [-0.1, -0.05) is 6.92 Å². The first-order valence-corrected chi connectivity index (χ1v) is 9.19. The van der Waals surface area contributed by atoms with E-state index < -0.39 is 0 Å². The minimum atomic E-state index is 0.0618. The van der Waals surface area contributed by atoms with E-state index in [4.69, 9.17) is 0 Å². The molecule has 1 aliphatic rings. The molecule has 0 aromatic carbocycles. The second kappa shape index (κ2) is 6.79. The normalized spacial score (nSPS) is 15.1. The van der Waals surface area contributed by atoms with E-state index in [1.54, 1.807) is 0 Å². The summed E-state index contributed by atoms with van der Waals surface area (Å²) in [6, 6.07) is 0. The van der Waals surface area contributed by atoms with Crippen LogP contribution in [0.5, 0.6) is 0 Å². The van der Waals surface area contributed by atoms with Crippen LogP contribution in [-0.2, 0) is 6.42 Å². The number of nitrogens with one attached hydrogen (secondary N) is 1. The Morgan fingerprint density at radius 2 is 1.96 bits per heavy atom. The van der Waals surface area contributed by atoms with Gasteiger partial charge < -0.3 is 15.1 Å². The molecule has 1 aliphatic heterocycles. The Kier molecular flexibility index (Phi) is 4.76. The van der Waals surface area contributed by atoms with Crippen molar-refractivity contribution < 1.29 is 4.79 Å². The van der Waals surface area contributed by atoms with Crippen molar-refractivity contribution >= 4 is 39.1 Å². The van der Waals surface area contributed by atoms with Crippen molar-refractivity contribution in [3.05, 3.63) is 17.1 Å². The van der Waals surface area contributed by atoms with Crippen molar-refractivity contribution in [3.8, 4) is 0 Å². The maximum absolute atomic E-state index is 12.8. The zero-order valence-electron chi connectivity index (χ0n) is 13.5. The summed E-state index contributed by atoms with van der Waals surface area (Å²) >= 11 is 2.78. The summed E-state index contributed by atoms with van der Waals surface area (Å²) < 4.78 is 8.61. The van der Waals surface area contributed by atoms with Crippen LogP contribution in [0.1, 0.15) is 28.8 Å². The fourth-order valence-electron chi connectivity index (χ4n) is 2.57. The molecule has 0 bridgehead atoms. The number of carbonyl (C=O) groups is 1. The number of aryl methyl sites for hydroxylation is 2. The first kappa shape index (κ1) is 16.1. The minimum Gasteiger partial charge on any atom is -0.378 e. The Hall–Kier alpha value is -1.74. The van der Waals surface area contributed by atoms with Gasteiger partial charge in [0.2, 0.25) is 5.13 Å². The lowest BCUT2D eigenvalue weighted by molar-refractivity contribution is 0.0747. The summed E-state index contributed by atoms with van der Waals surface area (Å²) in [6.45, 7) is 6.90. The van der Waals surface area contributed by atoms with Crippen molar-refractivity contribution in [1.29, 1.82) is 0 Å². The molecule has 1 saturated heterocycles. The van der Waals surface area contributed by atoms with E-state index in [2.05, 4.69) is 30.9 Å². The van der Waals surface area contributed by atoms with E-state index in [0.717, 1.165) is 41.2 Å². The van der Waals surface area contributed by atoms with Crippen LogP contribution in [0.25, 0.3) is 0 Å². The third kappa shape index (κ3) is 3.16. The number of hydrogen-bond acceptors (Lipinski definition) is 8. The molecule has 0 atom stereocenters. The number of nitrogens with zero attached hydrogens (tertiary/aromatic N) is 5. The maximum Gasteiger partial charge on any atom is 0.258 e. The highest BCUT2D eigenvalue weighted by Crippen LogP contribution is 2.26. The Balaban J connectivity index is 1.66. The van der Waals surface area contributed by atoms with Gasteiger partial charge in [-0.3, -0.25) is 4.79 Å². The van der Waals surface area contributed by atoms with Crippen LogP contribution in [-0.4, -0.2) is 57.8 Å².